The molecule has 4 aromatic rings. The molecule has 1 unspecified atom stereocenters. The van der Waals surface area contributed by atoms with Crippen LogP contribution in [0.5, 0.6) is 5.75 Å². The number of hydrogen-bond acceptors (Lipinski definition) is 5. The lowest BCUT2D eigenvalue weighted by Gasteiger charge is -2.22. The number of nitrogens with one attached hydrogen (secondary N) is 2. The van der Waals surface area contributed by atoms with Crippen LogP contribution in [0.3, 0.4) is 0 Å². The molecule has 1 atom stereocenters. The van der Waals surface area contributed by atoms with E-state index in [1.807, 2.05) is 80.6 Å². The van der Waals surface area contributed by atoms with Crippen molar-refractivity contribution in [2.45, 2.75) is 19.9 Å². The molecule has 2 heterocycles. The Morgan fingerprint density at radius 1 is 1.00 bits per heavy atom. The number of amides is 1. The average Bonchev–Trinajstić information content (AvgIpc) is 3.17. The van der Waals surface area contributed by atoms with E-state index < -0.39 is 0 Å². The second-order valence-electron chi connectivity index (χ2n) is 7.53. The first-order chi connectivity index (χ1) is 15.5. The average molecular weight is 444 g/mol. The number of carbonyl (C=O) groups is 1. The van der Waals surface area contributed by atoms with Crippen LogP contribution >= 0.6 is 11.3 Å². The van der Waals surface area contributed by atoms with Crippen molar-refractivity contribution in [2.24, 2.45) is 0 Å². The maximum Gasteiger partial charge on any atom is 0.256 e. The number of thiophene rings is 1. The van der Waals surface area contributed by atoms with E-state index in [9.17, 15) is 4.79 Å². The van der Waals surface area contributed by atoms with Crippen LogP contribution in [0.1, 0.15) is 38.0 Å². The minimum atomic E-state index is -0.226. The summed E-state index contributed by atoms with van der Waals surface area (Å²) < 4.78 is 5.46. The van der Waals surface area contributed by atoms with Crippen molar-refractivity contribution in [3.63, 3.8) is 0 Å². The van der Waals surface area contributed by atoms with Crippen LogP contribution in [-0.2, 0) is 0 Å². The molecule has 0 aliphatic carbocycles. The molecule has 2 aromatic carbocycles. The monoisotopic (exact) mass is 443 g/mol. The van der Waals surface area contributed by atoms with Gasteiger partial charge in [-0.1, -0.05) is 30.3 Å². The normalized spacial score (nSPS) is 11.6. The summed E-state index contributed by atoms with van der Waals surface area (Å²) in [6, 6.07) is 23.0. The topological polar surface area (TPSA) is 63.2 Å². The summed E-state index contributed by atoms with van der Waals surface area (Å²) >= 11 is 1.56. The van der Waals surface area contributed by atoms with Crippen molar-refractivity contribution in [1.82, 2.24) is 4.98 Å². The van der Waals surface area contributed by atoms with Gasteiger partial charge in [0.05, 0.1) is 13.2 Å². The molecule has 0 saturated heterocycles. The SMILES string of the molecule is COc1cccc(C(Nc2cc(C)ccn2)c2cc(C)sc2NC(=O)c2ccccc2)c1. The second-order valence-corrected chi connectivity index (χ2v) is 8.79. The molecule has 6 heteroatoms. The number of benzene rings is 2. The number of pyridine rings is 1. The Kier molecular flexibility index (Phi) is 6.52. The van der Waals surface area contributed by atoms with Gasteiger partial charge in [-0.05, 0) is 67.4 Å². The van der Waals surface area contributed by atoms with Crippen LogP contribution in [0.25, 0.3) is 0 Å². The Hall–Kier alpha value is -3.64. The van der Waals surface area contributed by atoms with Gasteiger partial charge in [0, 0.05) is 22.2 Å². The van der Waals surface area contributed by atoms with Crippen LogP contribution in [0.2, 0.25) is 0 Å². The number of hydrogen-bond donors (Lipinski definition) is 2. The standard InChI is InChI=1S/C26H25N3O2S/c1-17-12-13-27-23(14-17)28-24(20-10-7-11-21(16-20)31-3)22-15-18(2)32-26(22)29-25(30)19-8-5-4-6-9-19/h4-16,24H,1-3H3,(H,27,28)(H,29,30). The number of aryl methyl sites for hydroxylation is 2. The third-order valence-corrected chi connectivity index (χ3v) is 6.07. The van der Waals surface area contributed by atoms with E-state index in [2.05, 4.69) is 21.7 Å². The minimum Gasteiger partial charge on any atom is -0.497 e. The number of carbonyl (C=O) groups excluding carboxylic acids is 1. The molecular weight excluding hydrogens is 418 g/mol. The molecule has 2 N–H and O–H groups in total. The molecule has 0 aliphatic rings. The van der Waals surface area contributed by atoms with Gasteiger partial charge in [-0.25, -0.2) is 4.98 Å². The van der Waals surface area contributed by atoms with Gasteiger partial charge in [-0.3, -0.25) is 4.79 Å². The molecule has 0 bridgehead atoms. The summed E-state index contributed by atoms with van der Waals surface area (Å²) in [7, 11) is 1.66. The Morgan fingerprint density at radius 3 is 2.56 bits per heavy atom. The zero-order chi connectivity index (χ0) is 22.5. The number of anilines is 2. The second kappa shape index (κ2) is 9.66. The first-order valence-corrected chi connectivity index (χ1v) is 11.1. The first-order valence-electron chi connectivity index (χ1n) is 10.3. The largest absolute Gasteiger partial charge is 0.497 e. The minimum absolute atomic E-state index is 0.133. The Balaban J connectivity index is 1.74. The lowest BCUT2D eigenvalue weighted by Crippen LogP contribution is -2.17. The molecule has 4 rings (SSSR count). The van der Waals surface area contributed by atoms with Crippen molar-refractivity contribution < 1.29 is 9.53 Å². The summed E-state index contributed by atoms with van der Waals surface area (Å²) in [4.78, 5) is 18.5. The lowest BCUT2D eigenvalue weighted by molar-refractivity contribution is 0.102. The third kappa shape index (κ3) is 4.98. The molecule has 0 fully saturated rings. The summed E-state index contributed by atoms with van der Waals surface area (Å²) in [5, 5.41) is 7.48. The number of rotatable bonds is 7. The first kappa shape index (κ1) is 21.6. The van der Waals surface area contributed by atoms with E-state index in [1.54, 1.807) is 24.6 Å². The molecule has 5 nitrogen and oxygen atoms in total. The lowest BCUT2D eigenvalue weighted by atomic mass is 9.99. The fourth-order valence-corrected chi connectivity index (χ4v) is 4.48. The summed E-state index contributed by atoms with van der Waals surface area (Å²) in [6.45, 7) is 4.08. The van der Waals surface area contributed by atoms with Gasteiger partial charge >= 0.3 is 0 Å². The Morgan fingerprint density at radius 2 is 1.81 bits per heavy atom. The van der Waals surface area contributed by atoms with Crippen LogP contribution in [-0.4, -0.2) is 18.0 Å². The third-order valence-electron chi connectivity index (χ3n) is 5.09. The van der Waals surface area contributed by atoms with Crippen molar-refractivity contribution in [2.75, 3.05) is 17.7 Å². The molecule has 0 saturated carbocycles. The Labute approximate surface area is 192 Å². The van der Waals surface area contributed by atoms with Crippen molar-refractivity contribution in [3.8, 4) is 5.75 Å². The highest BCUT2D eigenvalue weighted by atomic mass is 32.1. The van der Waals surface area contributed by atoms with Gasteiger partial charge in [-0.15, -0.1) is 11.3 Å². The maximum absolute atomic E-state index is 12.9. The molecule has 2 aromatic heterocycles. The molecule has 0 radical (unpaired) electrons. The maximum atomic E-state index is 12.9. The van der Waals surface area contributed by atoms with Gasteiger partial charge < -0.3 is 15.4 Å². The van der Waals surface area contributed by atoms with Crippen LogP contribution < -0.4 is 15.4 Å². The van der Waals surface area contributed by atoms with Crippen LogP contribution in [0.15, 0.2) is 79.0 Å². The fraction of sp³-hybridized carbons (Fsp3) is 0.154. The predicted octanol–water partition coefficient (Wildman–Crippen LogP) is 6.22. The van der Waals surface area contributed by atoms with Crippen LogP contribution in [0, 0.1) is 13.8 Å². The van der Waals surface area contributed by atoms with E-state index in [0.717, 1.165) is 38.1 Å². The highest BCUT2D eigenvalue weighted by Gasteiger charge is 2.22. The van der Waals surface area contributed by atoms with Crippen molar-refractivity contribution in [1.29, 1.82) is 0 Å². The van der Waals surface area contributed by atoms with Gasteiger partial charge in [0.1, 0.15) is 16.6 Å². The molecule has 1 amide bonds. The molecule has 162 valence electrons. The number of ether oxygens (including phenoxy) is 1. The zero-order valence-electron chi connectivity index (χ0n) is 18.3. The molecule has 0 spiro atoms. The molecule has 32 heavy (non-hydrogen) atoms. The van der Waals surface area contributed by atoms with E-state index >= 15 is 0 Å². The summed E-state index contributed by atoms with van der Waals surface area (Å²) in [5.74, 6) is 1.40. The predicted molar refractivity (Wildman–Crippen MR) is 131 cm³/mol. The fourth-order valence-electron chi connectivity index (χ4n) is 3.54. The van der Waals surface area contributed by atoms with Crippen molar-refractivity contribution in [3.05, 3.63) is 106 Å². The van der Waals surface area contributed by atoms with Gasteiger partial charge in [0.25, 0.3) is 5.91 Å². The van der Waals surface area contributed by atoms with Crippen molar-refractivity contribution >= 4 is 28.1 Å². The highest BCUT2D eigenvalue weighted by Crippen LogP contribution is 2.38. The van der Waals surface area contributed by atoms with E-state index in [4.69, 9.17) is 4.74 Å². The van der Waals surface area contributed by atoms with E-state index in [-0.39, 0.29) is 11.9 Å². The summed E-state index contributed by atoms with van der Waals surface area (Å²) in [6.07, 6.45) is 1.79. The number of methoxy groups -OCH3 is 1. The molecule has 0 aliphatic heterocycles. The van der Waals surface area contributed by atoms with Gasteiger partial charge in [0.15, 0.2) is 0 Å². The quantitative estimate of drug-likeness (QED) is 0.356. The zero-order valence-corrected chi connectivity index (χ0v) is 19.1. The number of nitrogens with zero attached hydrogens (tertiary/aromatic N) is 1. The van der Waals surface area contributed by atoms with Crippen LogP contribution in [0.4, 0.5) is 10.8 Å². The smallest absolute Gasteiger partial charge is 0.256 e. The number of aromatic nitrogens is 1. The van der Waals surface area contributed by atoms with Gasteiger partial charge in [-0.2, -0.15) is 0 Å². The highest BCUT2D eigenvalue weighted by molar-refractivity contribution is 7.16. The summed E-state index contributed by atoms with van der Waals surface area (Å²) in [5.41, 5.74) is 3.73. The Bertz CT molecular complexity index is 1220. The molecular formula is C26H25N3O2S. The van der Waals surface area contributed by atoms with Gasteiger partial charge in [0.2, 0.25) is 0 Å². The van der Waals surface area contributed by atoms with E-state index in [1.165, 1.54) is 0 Å². The van der Waals surface area contributed by atoms with E-state index in [0.29, 0.717) is 5.56 Å².